The minimum absolute atomic E-state index is 0.0360. The van der Waals surface area contributed by atoms with Gasteiger partial charge in [0.25, 0.3) is 0 Å². The van der Waals surface area contributed by atoms with Crippen molar-refractivity contribution >= 4 is 5.91 Å². The molecule has 0 bridgehead atoms. The Balaban J connectivity index is 3.58. The lowest BCUT2D eigenvalue weighted by Crippen LogP contribution is -2.34. The molecule has 0 heterocycles. The molecule has 0 fully saturated rings. The third-order valence-corrected chi connectivity index (χ3v) is 1.53. The van der Waals surface area contributed by atoms with Crippen molar-refractivity contribution in [2.24, 2.45) is 5.73 Å². The minimum Gasteiger partial charge on any atom is -0.327 e. The van der Waals surface area contributed by atoms with Crippen molar-refractivity contribution in [3.63, 3.8) is 0 Å². The van der Waals surface area contributed by atoms with Gasteiger partial charge in [0, 0.05) is 12.5 Å². The molecule has 15 heavy (non-hydrogen) atoms. The van der Waals surface area contributed by atoms with Gasteiger partial charge in [0.05, 0.1) is 0 Å². The average molecular weight is 228 g/mol. The standard InChI is InChI=1S/C8H15F3N2O2/c1-2-3-6(12)4-7(14)13-15-5-8(9,10)11/h6H,2-5,12H2,1H3,(H,13,14). The van der Waals surface area contributed by atoms with E-state index in [0.29, 0.717) is 6.42 Å². The van der Waals surface area contributed by atoms with Crippen molar-refractivity contribution in [1.82, 2.24) is 5.48 Å². The van der Waals surface area contributed by atoms with E-state index in [1.165, 1.54) is 0 Å². The summed E-state index contributed by atoms with van der Waals surface area (Å²) in [6.07, 6.45) is -3.02. The van der Waals surface area contributed by atoms with Gasteiger partial charge in [-0.05, 0) is 6.42 Å². The molecule has 0 spiro atoms. The summed E-state index contributed by atoms with van der Waals surface area (Å²) in [4.78, 5) is 14.9. The van der Waals surface area contributed by atoms with E-state index >= 15 is 0 Å². The molecular formula is C8H15F3N2O2. The van der Waals surface area contributed by atoms with Crippen molar-refractivity contribution in [3.8, 4) is 0 Å². The first-order chi connectivity index (χ1) is 6.85. The van der Waals surface area contributed by atoms with E-state index in [-0.39, 0.29) is 12.5 Å². The highest BCUT2D eigenvalue weighted by atomic mass is 19.4. The molecule has 1 atom stereocenters. The SMILES string of the molecule is CCCC(N)CC(=O)NOCC(F)(F)F. The van der Waals surface area contributed by atoms with Gasteiger partial charge in [0.2, 0.25) is 5.91 Å². The third kappa shape index (κ3) is 9.48. The molecule has 0 aliphatic carbocycles. The van der Waals surface area contributed by atoms with Crippen LogP contribution in [0.15, 0.2) is 0 Å². The van der Waals surface area contributed by atoms with E-state index in [9.17, 15) is 18.0 Å². The monoisotopic (exact) mass is 228 g/mol. The van der Waals surface area contributed by atoms with Gasteiger partial charge in [-0.3, -0.25) is 9.63 Å². The second kappa shape index (κ2) is 6.62. The van der Waals surface area contributed by atoms with E-state index in [2.05, 4.69) is 4.84 Å². The number of hydrogen-bond acceptors (Lipinski definition) is 3. The van der Waals surface area contributed by atoms with Gasteiger partial charge >= 0.3 is 6.18 Å². The van der Waals surface area contributed by atoms with Crippen LogP contribution < -0.4 is 11.2 Å². The van der Waals surface area contributed by atoms with Crippen molar-refractivity contribution in [2.75, 3.05) is 6.61 Å². The quantitative estimate of drug-likeness (QED) is 0.669. The van der Waals surface area contributed by atoms with Gasteiger partial charge in [-0.25, -0.2) is 5.48 Å². The van der Waals surface area contributed by atoms with Gasteiger partial charge in [-0.15, -0.1) is 0 Å². The summed E-state index contributed by atoms with van der Waals surface area (Å²) in [7, 11) is 0. The molecule has 0 aromatic rings. The number of nitrogens with two attached hydrogens (primary N) is 1. The fourth-order valence-electron chi connectivity index (χ4n) is 0.951. The van der Waals surface area contributed by atoms with E-state index in [0.717, 1.165) is 6.42 Å². The van der Waals surface area contributed by atoms with Gasteiger partial charge in [-0.2, -0.15) is 13.2 Å². The van der Waals surface area contributed by atoms with Crippen LogP contribution in [0, 0.1) is 0 Å². The molecule has 1 amide bonds. The predicted molar refractivity (Wildman–Crippen MR) is 47.7 cm³/mol. The summed E-state index contributed by atoms with van der Waals surface area (Å²) >= 11 is 0. The lowest BCUT2D eigenvalue weighted by Gasteiger charge is -2.11. The Morgan fingerprint density at radius 3 is 2.60 bits per heavy atom. The van der Waals surface area contributed by atoms with Crippen LogP contribution in [0.25, 0.3) is 0 Å². The Labute approximate surface area is 85.9 Å². The zero-order chi connectivity index (χ0) is 11.9. The van der Waals surface area contributed by atoms with Crippen molar-refractivity contribution in [3.05, 3.63) is 0 Å². The minimum atomic E-state index is -4.45. The van der Waals surface area contributed by atoms with Crippen LogP contribution in [0.5, 0.6) is 0 Å². The molecule has 0 aromatic heterocycles. The summed E-state index contributed by atoms with van der Waals surface area (Å²) in [5.41, 5.74) is 7.19. The highest BCUT2D eigenvalue weighted by Crippen LogP contribution is 2.13. The predicted octanol–water partition coefficient (Wildman–Crippen LogP) is 1.11. The zero-order valence-electron chi connectivity index (χ0n) is 8.43. The van der Waals surface area contributed by atoms with Gasteiger partial charge in [0.15, 0.2) is 6.61 Å². The first-order valence-electron chi connectivity index (χ1n) is 4.58. The number of hydroxylamine groups is 1. The molecule has 0 radical (unpaired) electrons. The highest BCUT2D eigenvalue weighted by Gasteiger charge is 2.28. The molecule has 0 aliphatic rings. The number of carbonyl (C=O) groups excluding carboxylic acids is 1. The second-order valence-corrected chi connectivity index (χ2v) is 3.18. The summed E-state index contributed by atoms with van der Waals surface area (Å²) < 4.78 is 34.8. The fourth-order valence-corrected chi connectivity index (χ4v) is 0.951. The summed E-state index contributed by atoms with van der Waals surface area (Å²) in [5.74, 6) is -0.639. The average Bonchev–Trinajstić information content (AvgIpc) is 2.01. The number of nitrogens with one attached hydrogen (secondary N) is 1. The Kier molecular flexibility index (Phi) is 6.26. The molecule has 0 rings (SSSR count). The third-order valence-electron chi connectivity index (χ3n) is 1.53. The van der Waals surface area contributed by atoms with Crippen LogP contribution in [-0.2, 0) is 9.63 Å². The number of halogens is 3. The van der Waals surface area contributed by atoms with E-state index in [4.69, 9.17) is 5.73 Å². The van der Waals surface area contributed by atoms with Gasteiger partial charge < -0.3 is 5.73 Å². The molecule has 0 saturated heterocycles. The molecule has 4 nitrogen and oxygen atoms in total. The maximum atomic E-state index is 11.6. The van der Waals surface area contributed by atoms with Crippen LogP contribution in [0.4, 0.5) is 13.2 Å². The maximum absolute atomic E-state index is 11.6. The van der Waals surface area contributed by atoms with Gasteiger partial charge in [0.1, 0.15) is 0 Å². The van der Waals surface area contributed by atoms with E-state index < -0.39 is 18.7 Å². The maximum Gasteiger partial charge on any atom is 0.414 e. The Hall–Kier alpha value is -0.820. The summed E-state index contributed by atoms with van der Waals surface area (Å²) in [6, 6.07) is -0.343. The first-order valence-corrected chi connectivity index (χ1v) is 4.58. The van der Waals surface area contributed by atoms with Crippen LogP contribution in [0.3, 0.4) is 0 Å². The van der Waals surface area contributed by atoms with E-state index in [1.54, 1.807) is 5.48 Å². The largest absolute Gasteiger partial charge is 0.414 e. The van der Waals surface area contributed by atoms with E-state index in [1.807, 2.05) is 6.92 Å². The van der Waals surface area contributed by atoms with Gasteiger partial charge in [-0.1, -0.05) is 13.3 Å². The number of rotatable bonds is 6. The molecule has 7 heteroatoms. The molecular weight excluding hydrogens is 213 g/mol. The number of carbonyl (C=O) groups is 1. The highest BCUT2D eigenvalue weighted by molar-refractivity contribution is 5.75. The van der Waals surface area contributed by atoms with Crippen LogP contribution in [0.1, 0.15) is 26.2 Å². The van der Waals surface area contributed by atoms with Crippen molar-refractivity contribution in [2.45, 2.75) is 38.4 Å². The number of amides is 1. The topological polar surface area (TPSA) is 64.4 Å². The molecule has 1 unspecified atom stereocenters. The van der Waals surface area contributed by atoms with Crippen molar-refractivity contribution in [1.29, 1.82) is 0 Å². The Morgan fingerprint density at radius 2 is 2.13 bits per heavy atom. The summed E-state index contributed by atoms with van der Waals surface area (Å²) in [6.45, 7) is 0.402. The van der Waals surface area contributed by atoms with Crippen LogP contribution in [0.2, 0.25) is 0 Å². The number of hydrogen-bond donors (Lipinski definition) is 2. The molecule has 0 aliphatic heterocycles. The molecule has 0 saturated carbocycles. The lowest BCUT2D eigenvalue weighted by molar-refractivity contribution is -0.191. The first kappa shape index (κ1) is 14.2. The molecule has 90 valence electrons. The van der Waals surface area contributed by atoms with Crippen LogP contribution >= 0.6 is 0 Å². The normalized spacial score (nSPS) is 13.7. The lowest BCUT2D eigenvalue weighted by atomic mass is 10.1. The zero-order valence-corrected chi connectivity index (χ0v) is 8.43. The fraction of sp³-hybridized carbons (Fsp3) is 0.875. The Bertz CT molecular complexity index is 197. The van der Waals surface area contributed by atoms with Crippen molar-refractivity contribution < 1.29 is 22.8 Å². The second-order valence-electron chi connectivity index (χ2n) is 3.18. The number of alkyl halides is 3. The van der Waals surface area contributed by atoms with Crippen LogP contribution in [-0.4, -0.2) is 24.7 Å². The molecule has 3 N–H and O–H groups in total. The molecule has 0 aromatic carbocycles. The summed E-state index contributed by atoms with van der Waals surface area (Å²) in [5, 5.41) is 0. The Morgan fingerprint density at radius 1 is 1.53 bits per heavy atom. The smallest absolute Gasteiger partial charge is 0.327 e.